The zero-order chi connectivity index (χ0) is 34.8. The van der Waals surface area contributed by atoms with Crippen molar-refractivity contribution in [3.05, 3.63) is 143 Å². The number of carbonyl (C=O) groups is 3. The highest BCUT2D eigenvalue weighted by molar-refractivity contribution is 6.01. The van der Waals surface area contributed by atoms with Crippen molar-refractivity contribution >= 4 is 18.0 Å². The smallest absolute Gasteiger partial charge is 0.412 e. The van der Waals surface area contributed by atoms with Crippen molar-refractivity contribution < 1.29 is 51.3 Å². The largest absolute Gasteiger partial charge is 0.445 e. The molecular formula is C35H32F4N2O7. The van der Waals surface area contributed by atoms with Crippen molar-refractivity contribution in [2.24, 2.45) is 0 Å². The molecule has 0 bridgehead atoms. The number of Topliss-reactive ketones (excluding diaryl/α,β-unsaturated/α-hetero) is 1. The molecule has 48 heavy (non-hydrogen) atoms. The Morgan fingerprint density at radius 3 is 1.96 bits per heavy atom. The number of alkyl carbamates (subject to hydrolysis) is 1. The first kappa shape index (κ1) is 35.6. The lowest BCUT2D eigenvalue weighted by Crippen LogP contribution is -2.44. The standard InChI is InChI=1S/C18H17F2NO4.C17H15F2NO3/c1-12-18(23,15-8-7-14(19)9-16(15)20)25-11-21(12)17(22)24-10-13-5-3-2-4-6-13;1-11(16(21)14-8-7-13(18)9-15(14)19)20-17(22)23-10-12-5-3-2-4-6-12/h2-9,12,23H,10-11H2,1H3;2-9,11H,10H2,1H3,(H,20,22)/t12-,18?;11-/m00/s1. The molecule has 1 aliphatic heterocycles. The molecule has 3 atom stereocenters. The van der Waals surface area contributed by atoms with Gasteiger partial charge in [-0.3, -0.25) is 9.69 Å². The maximum atomic E-state index is 14.0. The van der Waals surface area contributed by atoms with Crippen LogP contribution < -0.4 is 5.32 Å². The molecule has 0 aliphatic carbocycles. The normalized spacial score (nSPS) is 17.5. The van der Waals surface area contributed by atoms with E-state index in [9.17, 15) is 37.1 Å². The van der Waals surface area contributed by atoms with Gasteiger partial charge in [0.15, 0.2) is 5.78 Å². The zero-order valence-corrected chi connectivity index (χ0v) is 25.9. The minimum absolute atomic E-state index is 0.0541. The van der Waals surface area contributed by atoms with E-state index < -0.39 is 59.1 Å². The van der Waals surface area contributed by atoms with Gasteiger partial charge in [0.1, 0.15) is 43.2 Å². The summed E-state index contributed by atoms with van der Waals surface area (Å²) in [5, 5.41) is 13.0. The molecule has 0 radical (unpaired) electrons. The number of benzene rings is 4. The third-order valence-electron chi connectivity index (χ3n) is 7.35. The van der Waals surface area contributed by atoms with Crippen LogP contribution in [0.15, 0.2) is 97.1 Å². The average molecular weight is 669 g/mol. The minimum atomic E-state index is -2.08. The van der Waals surface area contributed by atoms with Crippen molar-refractivity contribution in [1.29, 1.82) is 0 Å². The topological polar surface area (TPSA) is 114 Å². The highest BCUT2D eigenvalue weighted by Gasteiger charge is 2.50. The van der Waals surface area contributed by atoms with Gasteiger partial charge >= 0.3 is 12.2 Å². The molecule has 0 spiro atoms. The number of hydrogen-bond donors (Lipinski definition) is 2. The van der Waals surface area contributed by atoms with Crippen molar-refractivity contribution in [3.8, 4) is 0 Å². The Hall–Kier alpha value is -5.27. The van der Waals surface area contributed by atoms with Crippen LogP contribution in [0, 0.1) is 23.3 Å². The molecule has 4 aromatic rings. The number of nitrogens with zero attached hydrogens (tertiary/aromatic N) is 1. The van der Waals surface area contributed by atoms with Gasteiger partial charge in [-0.25, -0.2) is 27.2 Å². The molecule has 2 amide bonds. The van der Waals surface area contributed by atoms with Gasteiger partial charge in [-0.15, -0.1) is 0 Å². The van der Waals surface area contributed by atoms with E-state index in [0.717, 1.165) is 40.3 Å². The highest BCUT2D eigenvalue weighted by Crippen LogP contribution is 2.37. The van der Waals surface area contributed by atoms with Crippen LogP contribution in [0.25, 0.3) is 0 Å². The Labute approximate surface area is 273 Å². The second-order valence-corrected chi connectivity index (χ2v) is 10.7. The number of ketones is 1. The Morgan fingerprint density at radius 2 is 1.40 bits per heavy atom. The van der Waals surface area contributed by atoms with Crippen molar-refractivity contribution in [2.45, 2.75) is 44.9 Å². The second-order valence-electron chi connectivity index (χ2n) is 10.7. The van der Waals surface area contributed by atoms with Crippen LogP contribution in [0.5, 0.6) is 0 Å². The number of aliphatic hydroxyl groups is 1. The third-order valence-corrected chi connectivity index (χ3v) is 7.35. The molecule has 5 rings (SSSR count). The van der Waals surface area contributed by atoms with Crippen LogP contribution in [0.3, 0.4) is 0 Å². The fourth-order valence-corrected chi connectivity index (χ4v) is 4.64. The fraction of sp³-hybridized carbons (Fsp3) is 0.229. The van der Waals surface area contributed by atoms with E-state index in [-0.39, 0.29) is 31.1 Å². The summed E-state index contributed by atoms with van der Waals surface area (Å²) >= 11 is 0. The lowest BCUT2D eigenvalue weighted by molar-refractivity contribution is -0.187. The summed E-state index contributed by atoms with van der Waals surface area (Å²) in [7, 11) is 0. The molecule has 13 heteroatoms. The molecule has 1 fully saturated rings. The number of amides is 2. The fourth-order valence-electron chi connectivity index (χ4n) is 4.64. The van der Waals surface area contributed by atoms with Crippen molar-refractivity contribution in [1.82, 2.24) is 10.2 Å². The quantitative estimate of drug-likeness (QED) is 0.161. The zero-order valence-electron chi connectivity index (χ0n) is 25.9. The van der Waals surface area contributed by atoms with E-state index in [1.807, 2.05) is 24.3 Å². The maximum Gasteiger partial charge on any atom is 0.412 e. The molecule has 9 nitrogen and oxygen atoms in total. The Morgan fingerprint density at radius 1 is 0.854 bits per heavy atom. The summed E-state index contributed by atoms with van der Waals surface area (Å²) in [4.78, 5) is 37.1. The van der Waals surface area contributed by atoms with Crippen LogP contribution in [0.4, 0.5) is 27.2 Å². The van der Waals surface area contributed by atoms with Crippen LogP contribution in [-0.4, -0.2) is 46.8 Å². The second kappa shape index (κ2) is 16.0. The number of rotatable bonds is 8. The number of halogens is 4. The van der Waals surface area contributed by atoms with E-state index in [1.54, 1.807) is 36.4 Å². The molecule has 1 saturated heterocycles. The lowest BCUT2D eigenvalue weighted by atomic mass is 9.98. The van der Waals surface area contributed by atoms with Crippen LogP contribution >= 0.6 is 0 Å². The summed E-state index contributed by atoms with van der Waals surface area (Å²) in [6.07, 6.45) is -1.49. The molecule has 0 aromatic heterocycles. The predicted octanol–water partition coefficient (Wildman–Crippen LogP) is 6.59. The van der Waals surface area contributed by atoms with E-state index in [0.29, 0.717) is 12.1 Å². The predicted molar refractivity (Wildman–Crippen MR) is 164 cm³/mol. The van der Waals surface area contributed by atoms with Gasteiger partial charge in [0.25, 0.3) is 0 Å². The first-order valence-corrected chi connectivity index (χ1v) is 14.6. The van der Waals surface area contributed by atoms with Crippen molar-refractivity contribution in [3.63, 3.8) is 0 Å². The Bertz CT molecular complexity index is 1730. The monoisotopic (exact) mass is 668 g/mol. The first-order chi connectivity index (χ1) is 22.9. The van der Waals surface area contributed by atoms with E-state index in [4.69, 9.17) is 14.2 Å². The Kier molecular flexibility index (Phi) is 11.9. The van der Waals surface area contributed by atoms with E-state index >= 15 is 0 Å². The summed E-state index contributed by atoms with van der Waals surface area (Å²) in [5.74, 6) is -6.21. The summed E-state index contributed by atoms with van der Waals surface area (Å²) in [6, 6.07) is 21.6. The molecule has 1 unspecified atom stereocenters. The van der Waals surface area contributed by atoms with Gasteiger partial charge in [-0.05, 0) is 49.2 Å². The molecule has 2 N–H and O–H groups in total. The molecule has 4 aromatic carbocycles. The number of ether oxygens (including phenoxy) is 3. The minimum Gasteiger partial charge on any atom is -0.445 e. The number of nitrogens with one attached hydrogen (secondary N) is 1. The SMILES string of the molecule is C[C@@H]1N(C(=O)OCc2ccccc2)COC1(O)c1ccc(F)cc1F.C[C@H](NC(=O)OCc1ccccc1)C(=O)c1ccc(F)cc1F. The van der Waals surface area contributed by atoms with Gasteiger partial charge < -0.3 is 24.6 Å². The molecule has 252 valence electrons. The molecule has 1 heterocycles. The van der Waals surface area contributed by atoms with Crippen LogP contribution in [0.1, 0.15) is 40.9 Å². The number of carbonyl (C=O) groups excluding carboxylic acids is 3. The average Bonchev–Trinajstić information content (AvgIpc) is 3.37. The van der Waals surface area contributed by atoms with E-state index in [2.05, 4.69) is 5.32 Å². The Balaban J connectivity index is 0.000000218. The summed E-state index contributed by atoms with van der Waals surface area (Å²) in [6.45, 7) is 2.74. The van der Waals surface area contributed by atoms with Gasteiger partial charge in [-0.2, -0.15) is 0 Å². The maximum absolute atomic E-state index is 14.0. The van der Waals surface area contributed by atoms with Gasteiger partial charge in [-0.1, -0.05) is 60.7 Å². The van der Waals surface area contributed by atoms with Crippen LogP contribution in [-0.2, 0) is 33.2 Å². The van der Waals surface area contributed by atoms with Gasteiger partial charge in [0, 0.05) is 17.7 Å². The first-order valence-electron chi connectivity index (χ1n) is 14.6. The number of hydrogen-bond acceptors (Lipinski definition) is 7. The van der Waals surface area contributed by atoms with Gasteiger partial charge in [0.2, 0.25) is 5.79 Å². The van der Waals surface area contributed by atoms with Crippen LogP contribution in [0.2, 0.25) is 0 Å². The van der Waals surface area contributed by atoms with Crippen molar-refractivity contribution in [2.75, 3.05) is 6.73 Å². The lowest BCUT2D eigenvalue weighted by Gasteiger charge is -2.28. The summed E-state index contributed by atoms with van der Waals surface area (Å²) in [5.41, 5.74) is 1.08. The molecule has 1 aliphatic rings. The highest BCUT2D eigenvalue weighted by atomic mass is 19.1. The molecular weight excluding hydrogens is 636 g/mol. The van der Waals surface area contributed by atoms with Gasteiger partial charge in [0.05, 0.1) is 17.6 Å². The third kappa shape index (κ3) is 8.96. The summed E-state index contributed by atoms with van der Waals surface area (Å²) < 4.78 is 68.9. The molecule has 0 saturated carbocycles. The van der Waals surface area contributed by atoms with E-state index in [1.165, 1.54) is 13.8 Å².